The van der Waals surface area contributed by atoms with Gasteiger partial charge in [-0.15, -0.1) is 0 Å². The molecule has 0 aromatic heterocycles. The monoisotopic (exact) mass is 259 g/mol. The van der Waals surface area contributed by atoms with Gasteiger partial charge in [-0.25, -0.2) is 13.2 Å². The van der Waals surface area contributed by atoms with Gasteiger partial charge in [-0.2, -0.15) is 0 Å². The van der Waals surface area contributed by atoms with Crippen molar-refractivity contribution < 1.29 is 22.7 Å². The van der Waals surface area contributed by atoms with Crippen molar-refractivity contribution in [1.82, 2.24) is 4.90 Å². The Balaban J connectivity index is 2.09. The standard InChI is InChI=1S/C12H12F3NO2/c13-9-2-1-8(11(14)12(9)15)7-10(17)16-3-5-18-6-4-16/h1-2H,3-7H2. The lowest BCUT2D eigenvalue weighted by molar-refractivity contribution is -0.134. The van der Waals surface area contributed by atoms with E-state index < -0.39 is 17.5 Å². The van der Waals surface area contributed by atoms with Crippen molar-refractivity contribution in [1.29, 1.82) is 0 Å². The number of morpholine rings is 1. The van der Waals surface area contributed by atoms with E-state index in [1.807, 2.05) is 0 Å². The van der Waals surface area contributed by atoms with Crippen LogP contribution in [0, 0.1) is 17.5 Å². The first-order valence-corrected chi connectivity index (χ1v) is 5.57. The number of amides is 1. The molecular formula is C12H12F3NO2. The average molecular weight is 259 g/mol. The molecule has 18 heavy (non-hydrogen) atoms. The van der Waals surface area contributed by atoms with Crippen LogP contribution < -0.4 is 0 Å². The molecule has 0 spiro atoms. The zero-order valence-corrected chi connectivity index (χ0v) is 9.59. The normalized spacial score (nSPS) is 15.8. The molecule has 0 radical (unpaired) electrons. The second-order valence-corrected chi connectivity index (χ2v) is 4.00. The summed E-state index contributed by atoms with van der Waals surface area (Å²) in [5, 5.41) is 0. The lowest BCUT2D eigenvalue weighted by Gasteiger charge is -2.26. The maximum atomic E-state index is 13.4. The van der Waals surface area contributed by atoms with Gasteiger partial charge in [-0.1, -0.05) is 6.07 Å². The van der Waals surface area contributed by atoms with Crippen molar-refractivity contribution in [3.05, 3.63) is 35.1 Å². The van der Waals surface area contributed by atoms with E-state index in [9.17, 15) is 18.0 Å². The Morgan fingerprint density at radius 2 is 1.83 bits per heavy atom. The first kappa shape index (κ1) is 12.9. The van der Waals surface area contributed by atoms with E-state index in [-0.39, 0.29) is 17.9 Å². The van der Waals surface area contributed by atoms with Crippen molar-refractivity contribution in [3.63, 3.8) is 0 Å². The molecule has 0 saturated carbocycles. The Labute approximate surface area is 102 Å². The Bertz CT molecular complexity index is 459. The molecule has 1 fully saturated rings. The van der Waals surface area contributed by atoms with E-state index in [4.69, 9.17) is 4.74 Å². The number of carbonyl (C=O) groups excluding carboxylic acids is 1. The minimum absolute atomic E-state index is 0.134. The lowest BCUT2D eigenvalue weighted by Crippen LogP contribution is -2.41. The number of hydrogen-bond donors (Lipinski definition) is 0. The average Bonchev–Trinajstić information content (AvgIpc) is 2.40. The number of hydrogen-bond acceptors (Lipinski definition) is 2. The first-order valence-electron chi connectivity index (χ1n) is 5.57. The van der Waals surface area contributed by atoms with E-state index in [1.54, 1.807) is 0 Å². The van der Waals surface area contributed by atoms with Gasteiger partial charge >= 0.3 is 0 Å². The molecule has 0 unspecified atom stereocenters. The SMILES string of the molecule is O=C(Cc1ccc(F)c(F)c1F)N1CCOCC1. The smallest absolute Gasteiger partial charge is 0.227 e. The molecule has 0 atom stereocenters. The summed E-state index contributed by atoms with van der Waals surface area (Å²) in [5.41, 5.74) is -0.134. The molecular weight excluding hydrogens is 247 g/mol. The van der Waals surface area contributed by atoms with Gasteiger partial charge in [-0.3, -0.25) is 4.79 Å². The fourth-order valence-electron chi connectivity index (χ4n) is 1.79. The molecule has 1 saturated heterocycles. The Morgan fingerprint density at radius 1 is 1.17 bits per heavy atom. The first-order chi connectivity index (χ1) is 8.59. The second kappa shape index (κ2) is 5.39. The summed E-state index contributed by atoms with van der Waals surface area (Å²) in [7, 11) is 0. The van der Waals surface area contributed by atoms with Crippen LogP contribution in [0.5, 0.6) is 0 Å². The van der Waals surface area contributed by atoms with Gasteiger partial charge in [0.15, 0.2) is 17.5 Å². The fourth-order valence-corrected chi connectivity index (χ4v) is 1.79. The van der Waals surface area contributed by atoms with Crippen LogP contribution in [0.2, 0.25) is 0 Å². The zero-order valence-electron chi connectivity index (χ0n) is 9.59. The van der Waals surface area contributed by atoms with Gasteiger partial charge in [0.25, 0.3) is 0 Å². The quantitative estimate of drug-likeness (QED) is 0.753. The van der Waals surface area contributed by atoms with Crippen molar-refractivity contribution in [2.75, 3.05) is 26.3 Å². The van der Waals surface area contributed by atoms with E-state index in [2.05, 4.69) is 0 Å². The summed E-state index contributed by atoms with van der Waals surface area (Å²) in [6.07, 6.45) is -0.275. The summed E-state index contributed by atoms with van der Waals surface area (Å²) in [4.78, 5) is 13.3. The molecule has 98 valence electrons. The van der Waals surface area contributed by atoms with Gasteiger partial charge in [0.2, 0.25) is 5.91 Å². The van der Waals surface area contributed by atoms with Gasteiger partial charge < -0.3 is 9.64 Å². The number of benzene rings is 1. The van der Waals surface area contributed by atoms with Gasteiger partial charge in [0.1, 0.15) is 0 Å². The minimum atomic E-state index is -1.54. The molecule has 0 aliphatic carbocycles. The van der Waals surface area contributed by atoms with Crippen LogP contribution in [0.1, 0.15) is 5.56 Å². The fraction of sp³-hybridized carbons (Fsp3) is 0.417. The molecule has 0 bridgehead atoms. The molecule has 1 aliphatic rings. The highest BCUT2D eigenvalue weighted by molar-refractivity contribution is 5.78. The van der Waals surface area contributed by atoms with Crippen LogP contribution in [0.25, 0.3) is 0 Å². The van der Waals surface area contributed by atoms with E-state index in [0.29, 0.717) is 26.3 Å². The van der Waals surface area contributed by atoms with E-state index in [1.165, 1.54) is 4.90 Å². The number of rotatable bonds is 2. The summed E-state index contributed by atoms with van der Waals surface area (Å²) < 4.78 is 44.2. The molecule has 1 amide bonds. The lowest BCUT2D eigenvalue weighted by atomic mass is 10.1. The molecule has 0 N–H and O–H groups in total. The van der Waals surface area contributed by atoms with Gasteiger partial charge in [0.05, 0.1) is 19.6 Å². The van der Waals surface area contributed by atoms with Crippen LogP contribution in [0.3, 0.4) is 0 Å². The molecule has 1 aliphatic heterocycles. The largest absolute Gasteiger partial charge is 0.378 e. The summed E-state index contributed by atoms with van der Waals surface area (Å²) >= 11 is 0. The molecule has 3 nitrogen and oxygen atoms in total. The van der Waals surface area contributed by atoms with Crippen LogP contribution in [-0.2, 0) is 16.0 Å². The molecule has 6 heteroatoms. The maximum absolute atomic E-state index is 13.4. The molecule has 1 aromatic carbocycles. The molecule has 1 aromatic rings. The number of halogens is 3. The third-order valence-corrected chi connectivity index (χ3v) is 2.82. The summed E-state index contributed by atoms with van der Waals surface area (Å²) in [5.74, 6) is -4.41. The maximum Gasteiger partial charge on any atom is 0.227 e. The van der Waals surface area contributed by atoms with Crippen molar-refractivity contribution in [2.45, 2.75) is 6.42 Å². The van der Waals surface area contributed by atoms with Crippen molar-refractivity contribution in [3.8, 4) is 0 Å². The molecule has 1 heterocycles. The Morgan fingerprint density at radius 3 is 2.50 bits per heavy atom. The second-order valence-electron chi connectivity index (χ2n) is 4.00. The number of carbonyl (C=O) groups is 1. The van der Waals surface area contributed by atoms with Crippen LogP contribution >= 0.6 is 0 Å². The van der Waals surface area contributed by atoms with Crippen LogP contribution in [0.15, 0.2) is 12.1 Å². The summed E-state index contributed by atoms with van der Waals surface area (Å²) in [6, 6.07) is 1.91. The minimum Gasteiger partial charge on any atom is -0.378 e. The summed E-state index contributed by atoms with van der Waals surface area (Å²) in [6.45, 7) is 1.74. The third kappa shape index (κ3) is 2.64. The Kier molecular flexibility index (Phi) is 3.86. The number of ether oxygens (including phenoxy) is 1. The van der Waals surface area contributed by atoms with Gasteiger partial charge in [-0.05, 0) is 6.07 Å². The van der Waals surface area contributed by atoms with Crippen molar-refractivity contribution >= 4 is 5.91 Å². The van der Waals surface area contributed by atoms with Crippen LogP contribution in [0.4, 0.5) is 13.2 Å². The highest BCUT2D eigenvalue weighted by Crippen LogP contribution is 2.16. The topological polar surface area (TPSA) is 29.5 Å². The predicted molar refractivity (Wildman–Crippen MR) is 57.4 cm³/mol. The van der Waals surface area contributed by atoms with E-state index >= 15 is 0 Å². The van der Waals surface area contributed by atoms with Gasteiger partial charge in [0, 0.05) is 18.7 Å². The molecule has 2 rings (SSSR count). The zero-order chi connectivity index (χ0) is 13.1. The Hall–Kier alpha value is -1.56. The van der Waals surface area contributed by atoms with E-state index in [0.717, 1.165) is 12.1 Å². The highest BCUT2D eigenvalue weighted by atomic mass is 19.2. The highest BCUT2D eigenvalue weighted by Gasteiger charge is 2.20. The van der Waals surface area contributed by atoms with Crippen molar-refractivity contribution in [2.24, 2.45) is 0 Å². The van der Waals surface area contributed by atoms with Crippen LogP contribution in [-0.4, -0.2) is 37.1 Å². The third-order valence-electron chi connectivity index (χ3n) is 2.82. The predicted octanol–water partition coefficient (Wildman–Crippen LogP) is 1.51. The number of nitrogens with zero attached hydrogens (tertiary/aromatic N) is 1.